The first-order chi connectivity index (χ1) is 13.6. The van der Waals surface area contributed by atoms with Crippen molar-refractivity contribution in [3.63, 3.8) is 0 Å². The van der Waals surface area contributed by atoms with E-state index in [-0.39, 0.29) is 35.8 Å². The van der Waals surface area contributed by atoms with Gasteiger partial charge in [0.25, 0.3) is 0 Å². The molecular formula is C21H26ClIN4O2. The lowest BCUT2D eigenvalue weighted by Crippen LogP contribution is -2.41. The molecule has 3 rings (SSSR count). The molecule has 0 aromatic heterocycles. The van der Waals surface area contributed by atoms with E-state index in [4.69, 9.17) is 16.3 Å². The number of amides is 1. The van der Waals surface area contributed by atoms with E-state index in [9.17, 15) is 4.79 Å². The van der Waals surface area contributed by atoms with Crippen LogP contribution in [-0.4, -0.2) is 39.1 Å². The Morgan fingerprint density at radius 2 is 2.07 bits per heavy atom. The van der Waals surface area contributed by atoms with Gasteiger partial charge in [0, 0.05) is 43.2 Å². The van der Waals surface area contributed by atoms with Crippen LogP contribution in [0.5, 0.6) is 5.75 Å². The first kappa shape index (κ1) is 23.3. The predicted molar refractivity (Wildman–Crippen MR) is 129 cm³/mol. The highest BCUT2D eigenvalue weighted by molar-refractivity contribution is 14.0. The van der Waals surface area contributed by atoms with Crippen molar-refractivity contribution in [2.75, 3.05) is 32.6 Å². The molecule has 1 aliphatic heterocycles. The molecule has 1 aliphatic rings. The number of nitrogens with one attached hydrogen (secondary N) is 3. The number of para-hydroxylation sites is 1. The van der Waals surface area contributed by atoms with E-state index >= 15 is 0 Å². The number of halogens is 2. The third-order valence-electron chi connectivity index (χ3n) is 4.79. The van der Waals surface area contributed by atoms with E-state index in [1.54, 1.807) is 14.2 Å². The largest absolute Gasteiger partial charge is 0.497 e. The molecule has 0 aliphatic carbocycles. The Bertz CT molecular complexity index is 876. The summed E-state index contributed by atoms with van der Waals surface area (Å²) < 4.78 is 5.17. The summed E-state index contributed by atoms with van der Waals surface area (Å²) in [6.45, 7) is 1.32. The maximum absolute atomic E-state index is 12.0. The molecule has 0 radical (unpaired) electrons. The number of hydrogen-bond acceptors (Lipinski definition) is 3. The maximum Gasteiger partial charge on any atom is 0.225 e. The van der Waals surface area contributed by atoms with Crippen molar-refractivity contribution < 1.29 is 9.53 Å². The van der Waals surface area contributed by atoms with Crippen LogP contribution >= 0.6 is 35.6 Å². The summed E-state index contributed by atoms with van der Waals surface area (Å²) in [6, 6.07) is 13.6. The second kappa shape index (κ2) is 11.3. The van der Waals surface area contributed by atoms with Crippen molar-refractivity contribution in [1.82, 2.24) is 10.6 Å². The Hall–Kier alpha value is -2.00. The molecule has 8 heteroatoms. The van der Waals surface area contributed by atoms with Gasteiger partial charge in [-0.2, -0.15) is 0 Å². The van der Waals surface area contributed by atoms with Crippen LogP contribution in [0.3, 0.4) is 0 Å². The number of carbonyl (C=O) groups excluding carboxylic acids is 1. The average Bonchev–Trinajstić information content (AvgIpc) is 2.71. The number of rotatable bonds is 6. The number of nitrogens with zero attached hydrogens (tertiary/aromatic N) is 1. The van der Waals surface area contributed by atoms with Crippen molar-refractivity contribution >= 4 is 53.1 Å². The summed E-state index contributed by atoms with van der Waals surface area (Å²) in [4.78, 5) is 16.2. The summed E-state index contributed by atoms with van der Waals surface area (Å²) in [7, 11) is 3.36. The Morgan fingerprint density at radius 3 is 2.79 bits per heavy atom. The standard InChI is InChI=1S/C21H25ClN4O2.HI/c1-23-21(24-10-9-14-7-8-16(28-2)12-18(14)22)25-13-15-11-20(27)26-19-6-4-3-5-17(15)19;/h3-8,12,15H,9-11,13H2,1-2H3,(H,26,27)(H2,23,24,25);1H. The van der Waals surface area contributed by atoms with Gasteiger partial charge in [-0.05, 0) is 35.7 Å². The van der Waals surface area contributed by atoms with E-state index in [0.29, 0.717) is 30.5 Å². The third kappa shape index (κ3) is 6.24. The zero-order valence-electron chi connectivity index (χ0n) is 16.5. The molecule has 1 amide bonds. The summed E-state index contributed by atoms with van der Waals surface area (Å²) in [5.74, 6) is 1.60. The minimum atomic E-state index is 0. The van der Waals surface area contributed by atoms with Crippen molar-refractivity contribution in [1.29, 1.82) is 0 Å². The van der Waals surface area contributed by atoms with Gasteiger partial charge in [0.2, 0.25) is 5.91 Å². The van der Waals surface area contributed by atoms with Crippen molar-refractivity contribution in [2.24, 2.45) is 4.99 Å². The fourth-order valence-electron chi connectivity index (χ4n) is 3.30. The lowest BCUT2D eigenvalue weighted by atomic mass is 9.90. The van der Waals surface area contributed by atoms with Gasteiger partial charge in [0.1, 0.15) is 5.75 Å². The fraction of sp³-hybridized carbons (Fsp3) is 0.333. The molecule has 2 aromatic rings. The second-order valence-corrected chi connectivity index (χ2v) is 7.03. The molecule has 2 aromatic carbocycles. The first-order valence-electron chi connectivity index (χ1n) is 9.26. The molecule has 0 saturated heterocycles. The van der Waals surface area contributed by atoms with Gasteiger partial charge in [-0.3, -0.25) is 9.79 Å². The van der Waals surface area contributed by atoms with Gasteiger partial charge in [0.15, 0.2) is 5.96 Å². The van der Waals surface area contributed by atoms with E-state index in [2.05, 4.69) is 27.0 Å². The van der Waals surface area contributed by atoms with E-state index < -0.39 is 0 Å². The van der Waals surface area contributed by atoms with Crippen molar-refractivity contribution in [2.45, 2.75) is 18.8 Å². The fourth-order valence-corrected chi connectivity index (χ4v) is 3.56. The number of methoxy groups -OCH3 is 1. The van der Waals surface area contributed by atoms with Crippen LogP contribution in [0.4, 0.5) is 5.69 Å². The summed E-state index contributed by atoms with van der Waals surface area (Å²) in [6.07, 6.45) is 1.22. The third-order valence-corrected chi connectivity index (χ3v) is 5.14. The molecule has 3 N–H and O–H groups in total. The van der Waals surface area contributed by atoms with Crippen LogP contribution in [0, 0.1) is 0 Å². The molecule has 0 bridgehead atoms. The zero-order valence-corrected chi connectivity index (χ0v) is 19.6. The van der Waals surface area contributed by atoms with E-state index in [0.717, 1.165) is 29.0 Å². The molecule has 1 heterocycles. The van der Waals surface area contributed by atoms with Crippen LogP contribution in [0.15, 0.2) is 47.5 Å². The predicted octanol–water partition coefficient (Wildman–Crippen LogP) is 3.80. The van der Waals surface area contributed by atoms with E-state index in [1.807, 2.05) is 36.4 Å². The molecule has 0 fully saturated rings. The van der Waals surface area contributed by atoms with Crippen molar-refractivity contribution in [3.05, 3.63) is 58.6 Å². The van der Waals surface area contributed by atoms with Gasteiger partial charge in [-0.1, -0.05) is 35.9 Å². The molecule has 0 saturated carbocycles. The van der Waals surface area contributed by atoms with Gasteiger partial charge < -0.3 is 20.7 Å². The minimum Gasteiger partial charge on any atom is -0.497 e. The van der Waals surface area contributed by atoms with Gasteiger partial charge >= 0.3 is 0 Å². The maximum atomic E-state index is 12.0. The SMILES string of the molecule is CN=C(NCCc1ccc(OC)cc1Cl)NCC1CC(=O)Nc2ccccc21.I. The van der Waals surface area contributed by atoms with Gasteiger partial charge in [-0.25, -0.2) is 0 Å². The quantitative estimate of drug-likeness (QED) is 0.303. The molecule has 6 nitrogen and oxygen atoms in total. The zero-order chi connectivity index (χ0) is 19.9. The Labute approximate surface area is 193 Å². The molecular weight excluding hydrogens is 503 g/mol. The number of carbonyl (C=O) groups is 1. The number of aliphatic imine (C=N–C) groups is 1. The number of benzene rings is 2. The normalized spacial score (nSPS) is 15.6. The lowest BCUT2D eigenvalue weighted by molar-refractivity contribution is -0.116. The highest BCUT2D eigenvalue weighted by atomic mass is 127. The smallest absolute Gasteiger partial charge is 0.225 e. The Kier molecular flexibility index (Phi) is 9.03. The lowest BCUT2D eigenvalue weighted by Gasteiger charge is -2.26. The van der Waals surface area contributed by atoms with Gasteiger partial charge in [0.05, 0.1) is 7.11 Å². The monoisotopic (exact) mass is 528 g/mol. The molecule has 0 spiro atoms. The molecule has 29 heavy (non-hydrogen) atoms. The summed E-state index contributed by atoms with van der Waals surface area (Å²) in [5.41, 5.74) is 3.08. The van der Waals surface area contributed by atoms with Crippen LogP contribution in [-0.2, 0) is 11.2 Å². The van der Waals surface area contributed by atoms with Gasteiger partial charge in [-0.15, -0.1) is 24.0 Å². The first-order valence-corrected chi connectivity index (χ1v) is 9.64. The number of ether oxygens (including phenoxy) is 1. The highest BCUT2D eigenvalue weighted by Crippen LogP contribution is 2.31. The average molecular weight is 529 g/mol. The summed E-state index contributed by atoms with van der Waals surface area (Å²) >= 11 is 6.29. The molecule has 156 valence electrons. The topological polar surface area (TPSA) is 74.8 Å². The van der Waals surface area contributed by atoms with Crippen LogP contribution < -0.4 is 20.7 Å². The minimum absolute atomic E-state index is 0. The Balaban J connectivity index is 0.00000300. The molecule has 1 atom stereocenters. The van der Waals surface area contributed by atoms with Crippen molar-refractivity contribution in [3.8, 4) is 5.75 Å². The second-order valence-electron chi connectivity index (χ2n) is 6.62. The number of guanidine groups is 1. The summed E-state index contributed by atoms with van der Waals surface area (Å²) in [5, 5.41) is 10.2. The van der Waals surface area contributed by atoms with Crippen LogP contribution in [0.2, 0.25) is 5.02 Å². The van der Waals surface area contributed by atoms with Crippen LogP contribution in [0.1, 0.15) is 23.5 Å². The van der Waals surface area contributed by atoms with E-state index in [1.165, 1.54) is 0 Å². The highest BCUT2D eigenvalue weighted by Gasteiger charge is 2.24. The number of hydrogen-bond donors (Lipinski definition) is 3. The number of anilines is 1. The Morgan fingerprint density at radius 1 is 1.28 bits per heavy atom. The molecule has 1 unspecified atom stereocenters. The van der Waals surface area contributed by atoms with Crippen LogP contribution in [0.25, 0.3) is 0 Å². The number of fused-ring (bicyclic) bond motifs is 1.